The van der Waals surface area contributed by atoms with Gasteiger partial charge in [-0.15, -0.1) is 0 Å². The summed E-state index contributed by atoms with van der Waals surface area (Å²) in [5.41, 5.74) is -0.252. The van der Waals surface area contributed by atoms with Crippen molar-refractivity contribution in [3.05, 3.63) is 81.0 Å². The number of carboxylic acid groups (broad SMARTS) is 1. The number of amides is 1. The molecule has 28 heavy (non-hydrogen) atoms. The van der Waals surface area contributed by atoms with Crippen molar-refractivity contribution in [3.63, 3.8) is 0 Å². The topological polar surface area (TPSA) is 121 Å². The lowest BCUT2D eigenvalue weighted by Gasteiger charge is -2.20. The van der Waals surface area contributed by atoms with Gasteiger partial charge in [-0.3, -0.25) is 14.4 Å². The smallest absolute Gasteiger partial charge is 0.329 e. The van der Waals surface area contributed by atoms with Gasteiger partial charge in [0.15, 0.2) is 0 Å². The summed E-state index contributed by atoms with van der Waals surface area (Å²) in [6.07, 6.45) is 0.0559. The molecule has 0 aliphatic carbocycles. The Morgan fingerprint density at radius 3 is 2.39 bits per heavy atom. The molecule has 1 heterocycles. The molecule has 3 rings (SSSR count). The van der Waals surface area contributed by atoms with E-state index in [0.29, 0.717) is 5.52 Å². The number of aliphatic carboxylic acids is 1. The summed E-state index contributed by atoms with van der Waals surface area (Å²) in [6.45, 7) is 1.31. The number of hydrogen-bond donors (Lipinski definition) is 3. The zero-order valence-electron chi connectivity index (χ0n) is 15.1. The van der Waals surface area contributed by atoms with Gasteiger partial charge in [-0.05, 0) is 24.6 Å². The number of aromatic amines is 1. The summed E-state index contributed by atoms with van der Waals surface area (Å²) in [6, 6.07) is 13.0. The molecule has 0 bridgehead atoms. The highest BCUT2D eigenvalue weighted by atomic mass is 16.4. The van der Waals surface area contributed by atoms with E-state index < -0.39 is 35.2 Å². The first-order valence-corrected chi connectivity index (χ1v) is 8.69. The normalized spacial score (nSPS) is 13.0. The van der Waals surface area contributed by atoms with Gasteiger partial charge in [-0.25, -0.2) is 9.36 Å². The minimum Gasteiger partial charge on any atom is -0.480 e. The fourth-order valence-corrected chi connectivity index (χ4v) is 2.97. The number of nitrogens with zero attached hydrogens (tertiary/aromatic N) is 1. The van der Waals surface area contributed by atoms with Crippen molar-refractivity contribution in [3.8, 4) is 0 Å². The van der Waals surface area contributed by atoms with Crippen molar-refractivity contribution in [1.82, 2.24) is 14.9 Å². The molecule has 144 valence electrons. The summed E-state index contributed by atoms with van der Waals surface area (Å²) in [5.74, 6) is -1.94. The van der Waals surface area contributed by atoms with E-state index in [2.05, 4.69) is 10.3 Å². The molecule has 0 fully saturated rings. The van der Waals surface area contributed by atoms with Crippen LogP contribution in [-0.4, -0.2) is 32.6 Å². The van der Waals surface area contributed by atoms with Gasteiger partial charge in [0, 0.05) is 6.42 Å². The molecular formula is C20H19N3O5. The number of aromatic nitrogens is 2. The quantitative estimate of drug-likeness (QED) is 0.590. The first kappa shape index (κ1) is 19.1. The van der Waals surface area contributed by atoms with E-state index in [1.807, 2.05) is 0 Å². The van der Waals surface area contributed by atoms with E-state index in [9.17, 15) is 19.2 Å². The lowest BCUT2D eigenvalue weighted by molar-refractivity contribution is -0.141. The molecule has 0 radical (unpaired) electrons. The number of nitrogens with one attached hydrogen (secondary N) is 2. The number of carbonyl (C=O) groups is 2. The molecule has 8 nitrogen and oxygen atoms in total. The Balaban J connectivity index is 2.12. The summed E-state index contributed by atoms with van der Waals surface area (Å²) in [7, 11) is 0. The number of carbonyl (C=O) groups excluding carboxylic acids is 1. The molecule has 0 unspecified atom stereocenters. The van der Waals surface area contributed by atoms with Crippen LogP contribution < -0.4 is 16.6 Å². The largest absolute Gasteiger partial charge is 0.480 e. The second-order valence-electron chi connectivity index (χ2n) is 6.42. The molecule has 2 aromatic carbocycles. The third kappa shape index (κ3) is 3.85. The van der Waals surface area contributed by atoms with Crippen LogP contribution in [0.4, 0.5) is 0 Å². The van der Waals surface area contributed by atoms with Crippen molar-refractivity contribution in [1.29, 1.82) is 0 Å². The Morgan fingerprint density at radius 2 is 1.71 bits per heavy atom. The first-order valence-electron chi connectivity index (χ1n) is 8.69. The van der Waals surface area contributed by atoms with Crippen molar-refractivity contribution in [2.75, 3.05) is 0 Å². The molecule has 8 heteroatoms. The van der Waals surface area contributed by atoms with Gasteiger partial charge in [0.25, 0.3) is 5.56 Å². The maximum atomic E-state index is 13.0. The molecule has 1 aromatic heterocycles. The summed E-state index contributed by atoms with van der Waals surface area (Å²) in [4.78, 5) is 52.1. The number of benzene rings is 2. The first-order chi connectivity index (χ1) is 13.4. The van der Waals surface area contributed by atoms with Crippen LogP contribution in [0.2, 0.25) is 0 Å². The lowest BCUT2D eigenvalue weighted by Crippen LogP contribution is -2.48. The third-order valence-electron chi connectivity index (χ3n) is 4.45. The molecule has 0 spiro atoms. The number of para-hydroxylation sites is 1. The van der Waals surface area contributed by atoms with E-state index in [4.69, 9.17) is 5.11 Å². The van der Waals surface area contributed by atoms with E-state index in [1.54, 1.807) is 54.6 Å². The van der Waals surface area contributed by atoms with Crippen molar-refractivity contribution < 1.29 is 14.7 Å². The molecule has 3 N–H and O–H groups in total. The minimum atomic E-state index is -1.22. The Kier molecular flexibility index (Phi) is 5.39. The highest BCUT2D eigenvalue weighted by molar-refractivity contribution is 5.86. The summed E-state index contributed by atoms with van der Waals surface area (Å²) in [5, 5.41) is 11.7. The number of carboxylic acids is 1. The minimum absolute atomic E-state index is 0.0559. The lowest BCUT2D eigenvalue weighted by atomic mass is 10.0. The van der Waals surface area contributed by atoms with E-state index >= 15 is 0 Å². The number of H-pyrrole nitrogens is 1. The highest BCUT2D eigenvalue weighted by Gasteiger charge is 2.27. The third-order valence-corrected chi connectivity index (χ3v) is 4.45. The van der Waals surface area contributed by atoms with Gasteiger partial charge in [0.1, 0.15) is 12.1 Å². The zero-order chi connectivity index (χ0) is 20.3. The maximum absolute atomic E-state index is 13.0. The number of rotatable bonds is 6. The SMILES string of the molecule is C[C@@H](NC(=O)[C@@H](Cc1ccccc1)n1c(=O)[nH]c2ccccc2c1=O)C(=O)O. The number of hydrogen-bond acceptors (Lipinski definition) is 4. The monoisotopic (exact) mass is 381 g/mol. The Hall–Kier alpha value is -3.68. The molecule has 2 atom stereocenters. The van der Waals surface area contributed by atoms with Crippen LogP contribution in [0.3, 0.4) is 0 Å². The zero-order valence-corrected chi connectivity index (χ0v) is 15.1. The highest BCUT2D eigenvalue weighted by Crippen LogP contribution is 2.14. The fraction of sp³-hybridized carbons (Fsp3) is 0.200. The van der Waals surface area contributed by atoms with Gasteiger partial charge in [0.05, 0.1) is 10.9 Å². The van der Waals surface area contributed by atoms with Gasteiger partial charge in [-0.2, -0.15) is 0 Å². The molecule has 0 aliphatic heterocycles. The molecule has 0 aliphatic rings. The van der Waals surface area contributed by atoms with Crippen LogP contribution >= 0.6 is 0 Å². The van der Waals surface area contributed by atoms with Crippen LogP contribution in [0.5, 0.6) is 0 Å². The molecule has 0 saturated carbocycles. The van der Waals surface area contributed by atoms with Gasteiger partial charge >= 0.3 is 11.7 Å². The van der Waals surface area contributed by atoms with Crippen molar-refractivity contribution in [2.24, 2.45) is 0 Å². The van der Waals surface area contributed by atoms with E-state index in [-0.39, 0.29) is 11.8 Å². The standard InChI is InChI=1S/C20H19N3O5/c1-12(19(26)27)21-17(24)16(11-13-7-3-2-4-8-13)23-18(25)14-9-5-6-10-15(14)22-20(23)28/h2-10,12,16H,11H2,1H3,(H,21,24)(H,22,28)(H,26,27)/t12-,16-/m1/s1. The molecule has 3 aromatic rings. The fourth-order valence-electron chi connectivity index (χ4n) is 2.97. The number of fused-ring (bicyclic) bond motifs is 1. The Bertz CT molecular complexity index is 1130. The Morgan fingerprint density at radius 1 is 1.07 bits per heavy atom. The average molecular weight is 381 g/mol. The van der Waals surface area contributed by atoms with Crippen molar-refractivity contribution >= 4 is 22.8 Å². The second-order valence-corrected chi connectivity index (χ2v) is 6.42. The molecule has 1 amide bonds. The molecule has 0 saturated heterocycles. The maximum Gasteiger partial charge on any atom is 0.329 e. The van der Waals surface area contributed by atoms with Gasteiger partial charge in [0.2, 0.25) is 5.91 Å². The Labute approximate surface area is 159 Å². The second kappa shape index (κ2) is 7.91. The summed E-state index contributed by atoms with van der Waals surface area (Å²) >= 11 is 0. The van der Waals surface area contributed by atoms with Crippen LogP contribution in [0.15, 0.2) is 64.2 Å². The van der Waals surface area contributed by atoms with Gasteiger partial charge in [-0.1, -0.05) is 42.5 Å². The van der Waals surface area contributed by atoms with Crippen LogP contribution in [0, 0.1) is 0 Å². The van der Waals surface area contributed by atoms with Crippen molar-refractivity contribution in [2.45, 2.75) is 25.4 Å². The molecular weight excluding hydrogens is 362 g/mol. The van der Waals surface area contributed by atoms with E-state index in [0.717, 1.165) is 10.1 Å². The predicted octanol–water partition coefficient (Wildman–Crippen LogP) is 1.06. The van der Waals surface area contributed by atoms with Gasteiger partial charge < -0.3 is 15.4 Å². The van der Waals surface area contributed by atoms with Crippen LogP contribution in [0.25, 0.3) is 10.9 Å². The van der Waals surface area contributed by atoms with E-state index in [1.165, 1.54) is 6.92 Å². The predicted molar refractivity (Wildman–Crippen MR) is 103 cm³/mol. The van der Waals surface area contributed by atoms with Crippen LogP contribution in [-0.2, 0) is 16.0 Å². The van der Waals surface area contributed by atoms with Crippen LogP contribution in [0.1, 0.15) is 18.5 Å². The summed E-state index contributed by atoms with van der Waals surface area (Å²) < 4.78 is 0.846. The average Bonchev–Trinajstić information content (AvgIpc) is 2.67.